The van der Waals surface area contributed by atoms with E-state index < -0.39 is 24.6 Å². The molecule has 2 N–H and O–H groups in total. The predicted molar refractivity (Wildman–Crippen MR) is 127 cm³/mol. The van der Waals surface area contributed by atoms with E-state index in [9.17, 15) is 23.8 Å². The number of thiazole rings is 1. The number of aromatic nitrogens is 1. The van der Waals surface area contributed by atoms with Crippen LogP contribution < -0.4 is 9.47 Å². The lowest BCUT2D eigenvalue weighted by atomic mass is 9.99. The van der Waals surface area contributed by atoms with Gasteiger partial charge in [-0.1, -0.05) is 18.9 Å². The minimum atomic E-state index is -2.70. The van der Waals surface area contributed by atoms with Gasteiger partial charge in [0.15, 0.2) is 0 Å². The van der Waals surface area contributed by atoms with E-state index in [0.29, 0.717) is 26.5 Å². The van der Waals surface area contributed by atoms with Gasteiger partial charge in [-0.2, -0.15) is 0 Å². The number of halogens is 2. The maximum Gasteiger partial charge on any atom is 0.338 e. The molecule has 2 aromatic carbocycles. The summed E-state index contributed by atoms with van der Waals surface area (Å²) in [5.74, 6) is -0.708. The molecule has 1 aliphatic rings. The predicted octanol–water partition coefficient (Wildman–Crippen LogP) is 5.55. The van der Waals surface area contributed by atoms with E-state index in [0.717, 1.165) is 25.7 Å². The van der Waals surface area contributed by atoms with Crippen molar-refractivity contribution in [1.82, 2.24) is 4.98 Å². The summed E-state index contributed by atoms with van der Waals surface area (Å²) in [4.78, 5) is 16.3. The number of rotatable bonds is 10. The number of ether oxygens (including phenoxy) is 3. The van der Waals surface area contributed by atoms with Crippen molar-refractivity contribution in [3.05, 3.63) is 52.0 Å². The highest BCUT2D eigenvalue weighted by atomic mass is 32.1. The number of carboxylic acids is 1. The van der Waals surface area contributed by atoms with Crippen molar-refractivity contribution in [2.24, 2.45) is 0 Å². The van der Waals surface area contributed by atoms with Crippen LogP contribution in [0.3, 0.4) is 0 Å². The first-order chi connectivity index (χ1) is 16.8. The second-order valence-corrected chi connectivity index (χ2v) is 9.58. The maximum atomic E-state index is 13.3. The van der Waals surface area contributed by atoms with E-state index in [-0.39, 0.29) is 29.4 Å². The fraction of sp³-hybridized carbons (Fsp3) is 0.440. The van der Waals surface area contributed by atoms with Crippen molar-refractivity contribution < 1.29 is 38.0 Å². The Bertz CT molecular complexity index is 1190. The fourth-order valence-corrected chi connectivity index (χ4v) is 5.47. The molecule has 0 unspecified atom stereocenters. The average Bonchev–Trinajstić information content (AvgIpc) is 3.51. The van der Waals surface area contributed by atoms with Crippen molar-refractivity contribution in [1.29, 1.82) is 0 Å². The summed E-state index contributed by atoms with van der Waals surface area (Å²) < 4.78 is 43.8. The number of carbonyl (C=O) groups is 1. The number of aliphatic hydroxyl groups is 1. The minimum absolute atomic E-state index is 0.00523. The van der Waals surface area contributed by atoms with Crippen LogP contribution in [0.4, 0.5) is 8.78 Å². The van der Waals surface area contributed by atoms with Crippen molar-refractivity contribution in [3.8, 4) is 11.5 Å². The lowest BCUT2D eigenvalue weighted by molar-refractivity contribution is -0.0753. The van der Waals surface area contributed by atoms with Gasteiger partial charge in [-0.15, -0.1) is 11.3 Å². The lowest BCUT2D eigenvalue weighted by Gasteiger charge is -2.27. The number of alkyl halides is 2. The second kappa shape index (κ2) is 10.8. The zero-order valence-corrected chi connectivity index (χ0v) is 20.2. The Hall–Kier alpha value is -2.82. The number of aromatic carboxylic acids is 1. The van der Waals surface area contributed by atoms with Gasteiger partial charge >= 0.3 is 5.97 Å². The third-order valence-corrected chi connectivity index (χ3v) is 7.24. The third-order valence-electron chi connectivity index (χ3n) is 6.21. The Labute approximate surface area is 205 Å². The van der Waals surface area contributed by atoms with Gasteiger partial charge in [0.25, 0.3) is 6.43 Å². The van der Waals surface area contributed by atoms with Gasteiger partial charge in [-0.25, -0.2) is 18.6 Å². The highest BCUT2D eigenvalue weighted by molar-refractivity contribution is 7.18. The summed E-state index contributed by atoms with van der Waals surface area (Å²) in [5.41, 5.74) is 0.514. The summed E-state index contributed by atoms with van der Waals surface area (Å²) in [5, 5.41) is 21.4. The normalized spacial score (nSPS) is 16.1. The third kappa shape index (κ3) is 5.55. The first-order valence-corrected chi connectivity index (χ1v) is 12.1. The molecule has 10 heteroatoms. The first-order valence-electron chi connectivity index (χ1n) is 11.3. The molecule has 1 fully saturated rings. The van der Waals surface area contributed by atoms with Gasteiger partial charge in [-0.05, 0) is 42.7 Å². The van der Waals surface area contributed by atoms with E-state index in [2.05, 4.69) is 4.98 Å². The second-order valence-electron chi connectivity index (χ2n) is 8.47. The molecule has 188 valence electrons. The molecule has 1 aromatic heterocycles. The molecule has 0 amide bonds. The molecule has 1 heterocycles. The number of carboxylic acid groups (broad SMARTS) is 1. The molecule has 35 heavy (non-hydrogen) atoms. The quantitative estimate of drug-likeness (QED) is 0.371. The van der Waals surface area contributed by atoms with Crippen LogP contribution in [0.25, 0.3) is 10.2 Å². The monoisotopic (exact) mass is 507 g/mol. The molecule has 1 saturated carbocycles. The van der Waals surface area contributed by atoms with Crippen molar-refractivity contribution in [2.45, 2.75) is 56.8 Å². The summed E-state index contributed by atoms with van der Waals surface area (Å²) in [6.07, 6.45) is -0.537. The number of methoxy groups -OCH3 is 2. The Balaban J connectivity index is 1.67. The van der Waals surface area contributed by atoms with Gasteiger partial charge in [0, 0.05) is 6.42 Å². The van der Waals surface area contributed by atoms with Crippen molar-refractivity contribution in [2.75, 3.05) is 14.2 Å². The van der Waals surface area contributed by atoms with E-state index in [1.165, 1.54) is 49.8 Å². The van der Waals surface area contributed by atoms with Crippen LogP contribution in [0.2, 0.25) is 0 Å². The smallest absolute Gasteiger partial charge is 0.338 e. The highest BCUT2D eigenvalue weighted by Crippen LogP contribution is 2.36. The molecule has 0 bridgehead atoms. The molecule has 0 aliphatic heterocycles. The topological polar surface area (TPSA) is 98.1 Å². The average molecular weight is 508 g/mol. The van der Waals surface area contributed by atoms with E-state index in [4.69, 9.17) is 14.2 Å². The van der Waals surface area contributed by atoms with Crippen LogP contribution in [0.5, 0.6) is 11.5 Å². The van der Waals surface area contributed by atoms with Gasteiger partial charge < -0.3 is 24.4 Å². The minimum Gasteiger partial charge on any atom is -0.497 e. The first kappa shape index (κ1) is 25.3. The SMILES string of the molecule is COc1cc(C(=O)O)c2nc(C[C@H](OC3CCCC3)[C@H](O)c3ccc(C(F)F)c(OC)c3)sc2c1. The lowest BCUT2D eigenvalue weighted by Crippen LogP contribution is -2.29. The molecule has 0 saturated heterocycles. The van der Waals surface area contributed by atoms with Gasteiger partial charge in [-0.3, -0.25) is 0 Å². The van der Waals surface area contributed by atoms with Gasteiger partial charge in [0.05, 0.1) is 52.8 Å². The molecule has 3 aromatic rings. The Morgan fingerprint density at radius 3 is 2.54 bits per heavy atom. The molecule has 0 spiro atoms. The van der Waals surface area contributed by atoms with Gasteiger partial charge in [0.2, 0.25) is 0 Å². The molecule has 7 nitrogen and oxygen atoms in total. The highest BCUT2D eigenvalue weighted by Gasteiger charge is 2.30. The van der Waals surface area contributed by atoms with Crippen LogP contribution in [0, 0.1) is 0 Å². The molecule has 1 aliphatic carbocycles. The Morgan fingerprint density at radius 1 is 1.17 bits per heavy atom. The molecule has 4 rings (SSSR count). The standard InChI is InChI=1S/C25H27F2NO6S/c1-32-15-10-17(25(30)31)22-20(11-15)35-21(28-22)12-19(34-14-5-3-4-6-14)23(29)13-7-8-16(24(26)27)18(9-13)33-2/h7-11,14,19,23-24,29H,3-6,12H2,1-2H3,(H,30,31)/t19-,23+/m0/s1. The summed E-state index contributed by atoms with van der Waals surface area (Å²) >= 11 is 1.30. The molecule has 0 radical (unpaired) electrons. The molecule has 2 atom stereocenters. The summed E-state index contributed by atoms with van der Waals surface area (Å²) in [7, 11) is 2.77. The molecular formula is C25H27F2NO6S. The van der Waals surface area contributed by atoms with Crippen LogP contribution in [0.1, 0.15) is 64.7 Å². The Morgan fingerprint density at radius 2 is 1.91 bits per heavy atom. The van der Waals surface area contributed by atoms with E-state index >= 15 is 0 Å². The van der Waals surface area contributed by atoms with E-state index in [1.54, 1.807) is 6.07 Å². The number of hydrogen-bond acceptors (Lipinski definition) is 7. The fourth-order valence-electron chi connectivity index (χ4n) is 4.40. The van der Waals surface area contributed by atoms with Crippen LogP contribution >= 0.6 is 11.3 Å². The number of aliphatic hydroxyl groups excluding tert-OH is 1. The van der Waals surface area contributed by atoms with E-state index in [1.807, 2.05) is 0 Å². The number of benzene rings is 2. The van der Waals surface area contributed by atoms with Gasteiger partial charge in [0.1, 0.15) is 17.6 Å². The zero-order chi connectivity index (χ0) is 25.1. The number of nitrogens with zero attached hydrogens (tertiary/aromatic N) is 1. The van der Waals surface area contributed by atoms with Crippen molar-refractivity contribution in [3.63, 3.8) is 0 Å². The number of fused-ring (bicyclic) bond motifs is 1. The summed E-state index contributed by atoms with van der Waals surface area (Å²) in [6, 6.07) is 7.25. The number of hydrogen-bond donors (Lipinski definition) is 2. The van der Waals surface area contributed by atoms with Crippen molar-refractivity contribution >= 4 is 27.5 Å². The van der Waals surface area contributed by atoms with Crippen LogP contribution in [-0.4, -0.2) is 47.6 Å². The summed E-state index contributed by atoms with van der Waals surface area (Å²) in [6.45, 7) is 0. The van der Waals surface area contributed by atoms with Crippen LogP contribution in [-0.2, 0) is 11.2 Å². The Kier molecular flexibility index (Phi) is 7.83. The molecular weight excluding hydrogens is 480 g/mol. The van der Waals surface area contributed by atoms with Crippen LogP contribution in [0.15, 0.2) is 30.3 Å². The largest absolute Gasteiger partial charge is 0.497 e. The maximum absolute atomic E-state index is 13.3. The zero-order valence-electron chi connectivity index (χ0n) is 19.4.